The van der Waals surface area contributed by atoms with Crippen molar-refractivity contribution >= 4 is 17.6 Å². The number of aromatic nitrogens is 1. The highest BCUT2D eigenvalue weighted by atomic mass is 16.2. The number of anilines is 1. The van der Waals surface area contributed by atoms with Crippen LogP contribution in [-0.2, 0) is 17.6 Å². The van der Waals surface area contributed by atoms with Crippen LogP contribution < -0.4 is 10.6 Å². The Labute approximate surface area is 166 Å². The van der Waals surface area contributed by atoms with Gasteiger partial charge < -0.3 is 15.5 Å². The fraction of sp³-hybridized carbons (Fsp3) is 0.409. The minimum Gasteiger partial charge on any atom is -0.342 e. The summed E-state index contributed by atoms with van der Waals surface area (Å²) in [4.78, 5) is 30.8. The molecular weight excluding hydrogens is 352 g/mol. The molecule has 3 rings (SSSR count). The van der Waals surface area contributed by atoms with Crippen molar-refractivity contribution in [2.75, 3.05) is 18.4 Å². The van der Waals surface area contributed by atoms with E-state index >= 15 is 0 Å². The Morgan fingerprint density at radius 3 is 2.50 bits per heavy atom. The molecule has 0 radical (unpaired) electrons. The number of carbonyl (C=O) groups excluding carboxylic acids is 2. The third-order valence-electron chi connectivity index (χ3n) is 4.86. The van der Waals surface area contributed by atoms with E-state index in [-0.39, 0.29) is 18.0 Å². The molecule has 2 heterocycles. The molecule has 1 saturated heterocycles. The number of amides is 3. The van der Waals surface area contributed by atoms with Gasteiger partial charge in [-0.1, -0.05) is 18.2 Å². The van der Waals surface area contributed by atoms with E-state index in [4.69, 9.17) is 0 Å². The zero-order chi connectivity index (χ0) is 19.9. The number of nitrogens with zero attached hydrogens (tertiary/aromatic N) is 2. The summed E-state index contributed by atoms with van der Waals surface area (Å²) in [5.41, 5.74) is 3.59. The number of hydrogen-bond donors (Lipinski definition) is 2. The molecular formula is C22H28N4O2. The van der Waals surface area contributed by atoms with Crippen molar-refractivity contribution in [3.8, 4) is 0 Å². The monoisotopic (exact) mass is 380 g/mol. The molecule has 148 valence electrons. The Morgan fingerprint density at radius 2 is 1.82 bits per heavy atom. The van der Waals surface area contributed by atoms with Crippen molar-refractivity contribution in [1.82, 2.24) is 15.2 Å². The molecule has 2 aromatic rings. The van der Waals surface area contributed by atoms with Crippen LogP contribution in [0.15, 0.2) is 42.5 Å². The zero-order valence-corrected chi connectivity index (χ0v) is 16.6. The molecule has 1 aromatic heterocycles. The van der Waals surface area contributed by atoms with Gasteiger partial charge in [-0.2, -0.15) is 0 Å². The number of likely N-dealkylation sites (tertiary alicyclic amines) is 1. The van der Waals surface area contributed by atoms with Crippen molar-refractivity contribution in [2.24, 2.45) is 0 Å². The van der Waals surface area contributed by atoms with Crippen molar-refractivity contribution in [3.63, 3.8) is 0 Å². The van der Waals surface area contributed by atoms with E-state index in [1.54, 1.807) is 0 Å². The maximum absolute atomic E-state index is 12.2. The summed E-state index contributed by atoms with van der Waals surface area (Å²) in [6.07, 6.45) is 3.28. The molecule has 28 heavy (non-hydrogen) atoms. The van der Waals surface area contributed by atoms with E-state index in [9.17, 15) is 9.59 Å². The summed E-state index contributed by atoms with van der Waals surface area (Å²) < 4.78 is 0. The molecule has 1 aliphatic heterocycles. The lowest BCUT2D eigenvalue weighted by Crippen LogP contribution is -2.37. The Hall–Kier alpha value is -2.89. The number of rotatable bonds is 6. The van der Waals surface area contributed by atoms with E-state index in [1.807, 2.05) is 61.2 Å². The van der Waals surface area contributed by atoms with Crippen molar-refractivity contribution in [1.29, 1.82) is 0 Å². The van der Waals surface area contributed by atoms with E-state index < -0.39 is 0 Å². The molecule has 0 spiro atoms. The largest absolute Gasteiger partial charge is 0.342 e. The Bertz CT molecular complexity index is 814. The van der Waals surface area contributed by atoms with Crippen LogP contribution in [0.25, 0.3) is 0 Å². The first kappa shape index (κ1) is 19.9. The first-order valence-electron chi connectivity index (χ1n) is 9.86. The molecule has 3 amide bonds. The van der Waals surface area contributed by atoms with Gasteiger partial charge in [-0.3, -0.25) is 9.78 Å². The van der Waals surface area contributed by atoms with Gasteiger partial charge in [0.15, 0.2) is 0 Å². The van der Waals surface area contributed by atoms with Gasteiger partial charge in [0, 0.05) is 42.6 Å². The lowest BCUT2D eigenvalue weighted by Gasteiger charge is -2.16. The lowest BCUT2D eigenvalue weighted by molar-refractivity contribution is -0.129. The number of nitrogens with one attached hydrogen (secondary N) is 2. The van der Waals surface area contributed by atoms with E-state index in [1.165, 1.54) is 0 Å². The van der Waals surface area contributed by atoms with Crippen LogP contribution in [0.4, 0.5) is 10.5 Å². The van der Waals surface area contributed by atoms with Gasteiger partial charge in [-0.15, -0.1) is 0 Å². The van der Waals surface area contributed by atoms with Gasteiger partial charge in [0.05, 0.1) is 6.42 Å². The second-order valence-corrected chi connectivity index (χ2v) is 7.44. The number of benzene rings is 1. The quantitative estimate of drug-likeness (QED) is 0.807. The molecule has 0 bridgehead atoms. The maximum Gasteiger partial charge on any atom is 0.319 e. The second-order valence-electron chi connectivity index (χ2n) is 7.44. The minimum absolute atomic E-state index is 0.0355. The predicted molar refractivity (Wildman–Crippen MR) is 110 cm³/mol. The lowest BCUT2D eigenvalue weighted by atomic mass is 10.1. The number of urea groups is 1. The Balaban J connectivity index is 1.46. The number of pyridine rings is 1. The molecule has 0 unspecified atom stereocenters. The summed E-state index contributed by atoms with van der Waals surface area (Å²) in [7, 11) is 0. The Morgan fingerprint density at radius 1 is 1.11 bits per heavy atom. The molecule has 0 aliphatic carbocycles. The van der Waals surface area contributed by atoms with E-state index in [2.05, 4.69) is 15.6 Å². The first-order chi connectivity index (χ1) is 13.5. The topological polar surface area (TPSA) is 74.3 Å². The minimum atomic E-state index is -0.249. The van der Waals surface area contributed by atoms with Gasteiger partial charge in [0.2, 0.25) is 5.91 Å². The third kappa shape index (κ3) is 5.81. The van der Waals surface area contributed by atoms with Crippen LogP contribution in [0.1, 0.15) is 36.7 Å². The number of carbonyl (C=O) groups is 2. The SMILES string of the molecule is Cc1cccc(C[C@@H](C)NC(=O)Nc2ccc(CC(=O)N3CCCC3)cc2)n1. The van der Waals surface area contributed by atoms with Crippen molar-refractivity contribution in [2.45, 2.75) is 45.6 Å². The van der Waals surface area contributed by atoms with Crippen LogP contribution >= 0.6 is 0 Å². The predicted octanol–water partition coefficient (Wildman–Crippen LogP) is 3.31. The van der Waals surface area contributed by atoms with Crippen LogP contribution in [0.5, 0.6) is 0 Å². The molecule has 0 saturated carbocycles. The second kappa shape index (κ2) is 9.35. The highest BCUT2D eigenvalue weighted by Gasteiger charge is 2.17. The molecule has 2 N–H and O–H groups in total. The summed E-state index contributed by atoms with van der Waals surface area (Å²) in [5.74, 6) is 0.175. The number of aryl methyl sites for hydroxylation is 1. The van der Waals surface area contributed by atoms with Gasteiger partial charge in [0.1, 0.15) is 0 Å². The summed E-state index contributed by atoms with van der Waals surface area (Å²) >= 11 is 0. The summed E-state index contributed by atoms with van der Waals surface area (Å²) in [6, 6.07) is 13.1. The molecule has 1 fully saturated rings. The smallest absolute Gasteiger partial charge is 0.319 e. The highest BCUT2D eigenvalue weighted by molar-refractivity contribution is 5.89. The van der Waals surface area contributed by atoms with Crippen LogP contribution in [0.3, 0.4) is 0 Å². The molecule has 1 aromatic carbocycles. The molecule has 1 aliphatic rings. The fourth-order valence-corrected chi connectivity index (χ4v) is 3.43. The maximum atomic E-state index is 12.2. The van der Waals surface area contributed by atoms with Gasteiger partial charge in [0.25, 0.3) is 0 Å². The standard InChI is InChI=1S/C22H28N4O2/c1-16-6-5-7-20(23-16)14-17(2)24-22(28)25-19-10-8-18(9-11-19)15-21(27)26-12-3-4-13-26/h5-11,17H,3-4,12-15H2,1-2H3,(H2,24,25,28)/t17-/m1/s1. The van der Waals surface area contributed by atoms with Crippen LogP contribution in [0.2, 0.25) is 0 Å². The highest BCUT2D eigenvalue weighted by Crippen LogP contribution is 2.14. The molecule has 6 heteroatoms. The summed E-state index contributed by atoms with van der Waals surface area (Å²) in [6.45, 7) is 5.65. The third-order valence-corrected chi connectivity index (χ3v) is 4.86. The molecule has 6 nitrogen and oxygen atoms in total. The van der Waals surface area contributed by atoms with Gasteiger partial charge in [-0.05, 0) is 56.5 Å². The fourth-order valence-electron chi connectivity index (χ4n) is 3.43. The normalized spacial score (nSPS) is 14.6. The average Bonchev–Trinajstić information content (AvgIpc) is 3.18. The average molecular weight is 380 g/mol. The van der Waals surface area contributed by atoms with E-state index in [0.717, 1.165) is 42.9 Å². The molecule has 1 atom stereocenters. The van der Waals surface area contributed by atoms with E-state index in [0.29, 0.717) is 18.5 Å². The summed E-state index contributed by atoms with van der Waals surface area (Å²) in [5, 5.41) is 5.77. The van der Waals surface area contributed by atoms with Crippen molar-refractivity contribution in [3.05, 3.63) is 59.4 Å². The Kier molecular flexibility index (Phi) is 6.63. The van der Waals surface area contributed by atoms with Gasteiger partial charge in [-0.25, -0.2) is 4.79 Å². The van der Waals surface area contributed by atoms with Crippen LogP contribution in [-0.4, -0.2) is 41.0 Å². The van der Waals surface area contributed by atoms with Gasteiger partial charge >= 0.3 is 6.03 Å². The van der Waals surface area contributed by atoms with Crippen LogP contribution in [0, 0.1) is 6.92 Å². The zero-order valence-electron chi connectivity index (χ0n) is 16.6. The number of hydrogen-bond acceptors (Lipinski definition) is 3. The van der Waals surface area contributed by atoms with Crippen molar-refractivity contribution < 1.29 is 9.59 Å². The first-order valence-corrected chi connectivity index (χ1v) is 9.86.